The maximum absolute atomic E-state index is 9.47. The molecule has 0 saturated carbocycles. The van der Waals surface area contributed by atoms with Gasteiger partial charge < -0.3 is 10.4 Å². The van der Waals surface area contributed by atoms with E-state index in [4.69, 9.17) is 0 Å². The van der Waals surface area contributed by atoms with E-state index in [1.54, 1.807) is 0 Å². The van der Waals surface area contributed by atoms with E-state index >= 15 is 0 Å². The first-order valence-corrected chi connectivity index (χ1v) is 4.32. The van der Waals surface area contributed by atoms with Crippen molar-refractivity contribution in [1.29, 1.82) is 0 Å². The normalized spacial score (nSPS) is 33.6. The molecule has 1 aliphatic heterocycles. The molecule has 0 radical (unpaired) electrons. The number of aliphatic hydroxyl groups excluding tert-OH is 1. The van der Waals surface area contributed by atoms with Crippen LogP contribution in [-0.2, 0) is 0 Å². The summed E-state index contributed by atoms with van der Waals surface area (Å²) >= 11 is 0. The molecule has 0 aromatic heterocycles. The third-order valence-corrected chi connectivity index (χ3v) is 2.41. The Morgan fingerprint density at radius 1 is 1.82 bits per heavy atom. The van der Waals surface area contributed by atoms with Crippen LogP contribution in [0.3, 0.4) is 0 Å². The van der Waals surface area contributed by atoms with Crippen LogP contribution in [0.15, 0.2) is 12.7 Å². The fourth-order valence-corrected chi connectivity index (χ4v) is 1.55. The molecule has 0 aromatic carbocycles. The van der Waals surface area contributed by atoms with Gasteiger partial charge in [-0.25, -0.2) is 0 Å². The summed E-state index contributed by atoms with van der Waals surface area (Å²) in [5, 5.41) is 12.8. The lowest BCUT2D eigenvalue weighted by atomic mass is 10.0. The van der Waals surface area contributed by atoms with Crippen molar-refractivity contribution in [2.24, 2.45) is 5.92 Å². The van der Waals surface area contributed by atoms with Crippen LogP contribution in [0, 0.1) is 5.92 Å². The van der Waals surface area contributed by atoms with Crippen molar-refractivity contribution in [1.82, 2.24) is 5.32 Å². The number of hydrogen-bond donors (Lipinski definition) is 2. The van der Waals surface area contributed by atoms with Crippen LogP contribution in [-0.4, -0.2) is 23.8 Å². The molecular formula is C9H17NO. The molecule has 0 aromatic rings. The molecule has 0 bridgehead atoms. The first kappa shape index (κ1) is 8.75. The van der Waals surface area contributed by atoms with E-state index in [1.807, 2.05) is 13.0 Å². The second-order valence-electron chi connectivity index (χ2n) is 3.22. The molecule has 0 amide bonds. The van der Waals surface area contributed by atoms with Gasteiger partial charge in [-0.2, -0.15) is 0 Å². The van der Waals surface area contributed by atoms with Gasteiger partial charge >= 0.3 is 0 Å². The van der Waals surface area contributed by atoms with Gasteiger partial charge in [0.05, 0.1) is 6.10 Å². The Kier molecular flexibility index (Phi) is 3.09. The highest BCUT2D eigenvalue weighted by Gasteiger charge is 2.26. The maximum atomic E-state index is 9.47. The molecule has 2 unspecified atom stereocenters. The summed E-state index contributed by atoms with van der Waals surface area (Å²) < 4.78 is 0. The zero-order valence-corrected chi connectivity index (χ0v) is 7.09. The second-order valence-corrected chi connectivity index (χ2v) is 3.22. The van der Waals surface area contributed by atoms with Crippen molar-refractivity contribution in [3.63, 3.8) is 0 Å². The van der Waals surface area contributed by atoms with Crippen molar-refractivity contribution < 1.29 is 5.11 Å². The molecule has 2 N–H and O–H groups in total. The zero-order valence-electron chi connectivity index (χ0n) is 7.09. The summed E-state index contributed by atoms with van der Waals surface area (Å²) in [7, 11) is 0. The topological polar surface area (TPSA) is 32.3 Å². The van der Waals surface area contributed by atoms with Gasteiger partial charge in [-0.05, 0) is 18.8 Å². The van der Waals surface area contributed by atoms with Gasteiger partial charge in [0.2, 0.25) is 0 Å². The van der Waals surface area contributed by atoms with Crippen molar-refractivity contribution in [2.75, 3.05) is 6.54 Å². The Hall–Kier alpha value is -0.340. The molecule has 0 spiro atoms. The molecule has 2 heteroatoms. The average Bonchev–Trinajstić information content (AvgIpc) is 2.50. The first-order chi connectivity index (χ1) is 5.27. The third kappa shape index (κ3) is 2.04. The van der Waals surface area contributed by atoms with Gasteiger partial charge in [0.15, 0.2) is 0 Å². The average molecular weight is 155 g/mol. The number of hydrogen-bond acceptors (Lipinski definition) is 2. The number of aliphatic hydroxyl groups is 1. The van der Waals surface area contributed by atoms with Gasteiger partial charge in [0, 0.05) is 12.6 Å². The quantitative estimate of drug-likeness (QED) is 0.594. The monoisotopic (exact) mass is 155 g/mol. The highest BCUT2D eigenvalue weighted by Crippen LogP contribution is 2.18. The van der Waals surface area contributed by atoms with E-state index in [1.165, 1.54) is 0 Å². The van der Waals surface area contributed by atoms with E-state index in [0.717, 1.165) is 19.4 Å². The molecule has 1 heterocycles. The van der Waals surface area contributed by atoms with Crippen LogP contribution in [0.25, 0.3) is 0 Å². The Balaban J connectivity index is 2.34. The Bertz CT molecular complexity index is 136. The SMILES string of the molecule is C=CC1CN[C@H](C(O)CC)C1. The summed E-state index contributed by atoms with van der Waals surface area (Å²) in [6.45, 7) is 6.73. The molecule has 1 fully saturated rings. The van der Waals surface area contributed by atoms with Gasteiger partial charge in [0.25, 0.3) is 0 Å². The summed E-state index contributed by atoms with van der Waals surface area (Å²) in [4.78, 5) is 0. The maximum Gasteiger partial charge on any atom is 0.0690 e. The summed E-state index contributed by atoms with van der Waals surface area (Å²) in [5.74, 6) is 0.557. The van der Waals surface area contributed by atoms with Gasteiger partial charge in [0.1, 0.15) is 0 Å². The smallest absolute Gasteiger partial charge is 0.0690 e. The lowest BCUT2D eigenvalue weighted by molar-refractivity contribution is 0.131. The largest absolute Gasteiger partial charge is 0.392 e. The molecule has 0 aliphatic carbocycles. The molecule has 64 valence electrons. The van der Waals surface area contributed by atoms with E-state index in [0.29, 0.717) is 12.0 Å². The van der Waals surface area contributed by atoms with Crippen LogP contribution in [0.5, 0.6) is 0 Å². The Morgan fingerprint density at radius 2 is 2.55 bits per heavy atom. The van der Waals surface area contributed by atoms with E-state index < -0.39 is 0 Å². The highest BCUT2D eigenvalue weighted by molar-refractivity contribution is 4.93. The molecule has 3 atom stereocenters. The predicted octanol–water partition coefficient (Wildman–Crippen LogP) is 0.921. The number of rotatable bonds is 3. The molecule has 1 rings (SSSR count). The van der Waals surface area contributed by atoms with Gasteiger partial charge in [-0.15, -0.1) is 6.58 Å². The summed E-state index contributed by atoms with van der Waals surface area (Å²) in [6.07, 6.45) is 3.66. The van der Waals surface area contributed by atoms with E-state index in [9.17, 15) is 5.11 Å². The molecule has 1 aliphatic rings. The van der Waals surface area contributed by atoms with Crippen LogP contribution in [0.2, 0.25) is 0 Å². The predicted molar refractivity (Wildman–Crippen MR) is 46.4 cm³/mol. The fraction of sp³-hybridized carbons (Fsp3) is 0.778. The van der Waals surface area contributed by atoms with Crippen LogP contribution in [0.4, 0.5) is 0 Å². The first-order valence-electron chi connectivity index (χ1n) is 4.32. The van der Waals surface area contributed by atoms with Crippen molar-refractivity contribution in [3.8, 4) is 0 Å². The fourth-order valence-electron chi connectivity index (χ4n) is 1.55. The third-order valence-electron chi connectivity index (χ3n) is 2.41. The van der Waals surface area contributed by atoms with Crippen molar-refractivity contribution >= 4 is 0 Å². The lowest BCUT2D eigenvalue weighted by Gasteiger charge is -2.15. The minimum absolute atomic E-state index is 0.181. The molecular weight excluding hydrogens is 138 g/mol. The molecule has 2 nitrogen and oxygen atoms in total. The van der Waals surface area contributed by atoms with Gasteiger partial charge in [-0.3, -0.25) is 0 Å². The van der Waals surface area contributed by atoms with E-state index in [2.05, 4.69) is 11.9 Å². The van der Waals surface area contributed by atoms with Crippen LogP contribution >= 0.6 is 0 Å². The zero-order chi connectivity index (χ0) is 8.27. The van der Waals surface area contributed by atoms with Crippen LogP contribution in [0.1, 0.15) is 19.8 Å². The second kappa shape index (κ2) is 3.88. The minimum atomic E-state index is -0.181. The van der Waals surface area contributed by atoms with E-state index in [-0.39, 0.29) is 6.10 Å². The Labute approximate surface area is 68.3 Å². The standard InChI is InChI=1S/C9H17NO/c1-3-7-5-8(10-6-7)9(11)4-2/h3,7-11H,1,4-6H2,2H3/t7?,8-,9?/m0/s1. The Morgan fingerprint density at radius 3 is 3.00 bits per heavy atom. The van der Waals surface area contributed by atoms with Gasteiger partial charge in [-0.1, -0.05) is 13.0 Å². The lowest BCUT2D eigenvalue weighted by Crippen LogP contribution is -2.33. The molecule has 1 saturated heterocycles. The number of nitrogens with one attached hydrogen (secondary N) is 1. The van der Waals surface area contributed by atoms with Crippen LogP contribution < -0.4 is 5.32 Å². The van der Waals surface area contributed by atoms with Crippen molar-refractivity contribution in [3.05, 3.63) is 12.7 Å². The van der Waals surface area contributed by atoms with Crippen molar-refractivity contribution in [2.45, 2.75) is 31.9 Å². The molecule has 11 heavy (non-hydrogen) atoms. The summed E-state index contributed by atoms with van der Waals surface area (Å²) in [6, 6.07) is 0.294. The summed E-state index contributed by atoms with van der Waals surface area (Å²) in [5.41, 5.74) is 0. The minimum Gasteiger partial charge on any atom is -0.392 e. The highest BCUT2D eigenvalue weighted by atomic mass is 16.3.